The number of unbranched alkanes of at least 4 members (excludes halogenated alkanes) is 20. The first kappa shape index (κ1) is 46.0. The monoisotopic (exact) mass is 702 g/mol. The summed E-state index contributed by atoms with van der Waals surface area (Å²) in [5, 5.41) is 0. The van der Waals surface area contributed by atoms with E-state index in [9.17, 15) is 25.9 Å². The van der Waals surface area contributed by atoms with Crippen molar-refractivity contribution in [1.82, 2.24) is 0 Å². The summed E-state index contributed by atoms with van der Waals surface area (Å²) in [7, 11) is -8.63. The van der Waals surface area contributed by atoms with Gasteiger partial charge in [0.05, 0.1) is 9.79 Å². The van der Waals surface area contributed by atoms with Gasteiger partial charge in [-0.15, -0.1) is 0 Å². The van der Waals surface area contributed by atoms with Crippen LogP contribution in [-0.4, -0.2) is 49.0 Å². The van der Waals surface area contributed by atoms with Crippen molar-refractivity contribution in [2.75, 3.05) is 0 Å². The van der Waals surface area contributed by atoms with Gasteiger partial charge in [0.15, 0.2) is 0 Å². The minimum Gasteiger partial charge on any atom is -0.744 e. The average Bonchev–Trinajstić information content (AvgIpc) is 3.02. The number of hydrogen-bond donors (Lipinski definition) is 0. The van der Waals surface area contributed by atoms with Gasteiger partial charge in [-0.05, 0) is 61.1 Å². The Morgan fingerprint density at radius 3 is 0.809 bits per heavy atom. The molecule has 0 fully saturated rings. The molecule has 0 saturated heterocycles. The fourth-order valence-corrected chi connectivity index (χ4v) is 6.57. The number of aryl methyl sites for hydroxylation is 2. The first-order valence-electron chi connectivity index (χ1n) is 18.2. The normalized spacial score (nSPS) is 11.5. The molecule has 0 N–H and O–H groups in total. The van der Waals surface area contributed by atoms with Gasteiger partial charge in [-0.2, -0.15) is 0 Å². The minimum absolute atomic E-state index is 0. The van der Waals surface area contributed by atoms with E-state index in [1.807, 2.05) is 0 Å². The smallest absolute Gasteiger partial charge is 0.744 e. The van der Waals surface area contributed by atoms with Crippen molar-refractivity contribution >= 4 is 43.3 Å². The van der Waals surface area contributed by atoms with E-state index in [2.05, 4.69) is 13.8 Å². The van der Waals surface area contributed by atoms with Gasteiger partial charge in [0.1, 0.15) is 20.2 Å². The van der Waals surface area contributed by atoms with Gasteiger partial charge in [-0.25, -0.2) is 16.8 Å². The van der Waals surface area contributed by atoms with Crippen LogP contribution in [0.15, 0.2) is 58.3 Å². The van der Waals surface area contributed by atoms with Crippen molar-refractivity contribution in [1.29, 1.82) is 0 Å². The molecule has 0 aromatic heterocycles. The van der Waals surface area contributed by atoms with Crippen molar-refractivity contribution in [2.24, 2.45) is 0 Å². The molecule has 47 heavy (non-hydrogen) atoms. The third-order valence-corrected chi connectivity index (χ3v) is 10.3. The van der Waals surface area contributed by atoms with Crippen LogP contribution in [0.1, 0.15) is 166 Å². The standard InChI is InChI=1S/2C19H32O3S.Mg/c2*1-2-3-4-5-6-7-8-9-10-11-12-13-18-14-16-19(17-15-18)23(20,21)22;/h2*14-17H,2-13H2,1H3,(H,20,21,22);/q;;+2/p-2. The molecule has 0 unspecified atom stereocenters. The second-order valence-corrected chi connectivity index (χ2v) is 15.5. The summed E-state index contributed by atoms with van der Waals surface area (Å²) in [6.07, 6.45) is 31.0. The van der Waals surface area contributed by atoms with E-state index < -0.39 is 20.2 Å². The molecule has 0 amide bonds. The van der Waals surface area contributed by atoms with Crippen LogP contribution in [-0.2, 0) is 33.1 Å². The predicted octanol–water partition coefficient (Wildman–Crippen LogP) is 10.5. The molecule has 2 aromatic rings. The van der Waals surface area contributed by atoms with Crippen LogP contribution >= 0.6 is 0 Å². The Balaban J connectivity index is 0.000000882. The van der Waals surface area contributed by atoms with Gasteiger partial charge in [0.2, 0.25) is 0 Å². The van der Waals surface area contributed by atoms with Crippen LogP contribution < -0.4 is 0 Å². The Morgan fingerprint density at radius 2 is 0.596 bits per heavy atom. The zero-order valence-corrected chi connectivity index (χ0v) is 32.6. The first-order valence-corrected chi connectivity index (χ1v) is 21.0. The van der Waals surface area contributed by atoms with Gasteiger partial charge < -0.3 is 9.11 Å². The van der Waals surface area contributed by atoms with Gasteiger partial charge >= 0.3 is 23.1 Å². The van der Waals surface area contributed by atoms with E-state index in [1.165, 1.54) is 153 Å². The Morgan fingerprint density at radius 1 is 0.383 bits per heavy atom. The Kier molecular flexibility index (Phi) is 28.2. The third-order valence-electron chi connectivity index (χ3n) is 8.56. The first-order chi connectivity index (χ1) is 22.1. The van der Waals surface area contributed by atoms with E-state index >= 15 is 0 Å². The van der Waals surface area contributed by atoms with Crippen LogP contribution in [0.4, 0.5) is 0 Å². The molecule has 0 aliphatic carbocycles. The Bertz CT molecular complexity index is 1120. The summed E-state index contributed by atoms with van der Waals surface area (Å²) in [6, 6.07) is 12.7. The zero-order chi connectivity index (χ0) is 33.9. The van der Waals surface area contributed by atoms with Crippen LogP contribution in [0, 0.1) is 0 Å². The molecule has 0 spiro atoms. The predicted molar refractivity (Wildman–Crippen MR) is 195 cm³/mol. The summed E-state index contributed by atoms with van der Waals surface area (Å²) in [5.74, 6) is 0. The van der Waals surface area contributed by atoms with Gasteiger partial charge in [0.25, 0.3) is 0 Å². The molecule has 0 heterocycles. The van der Waals surface area contributed by atoms with Gasteiger partial charge in [0, 0.05) is 0 Å². The van der Waals surface area contributed by atoms with Crippen molar-refractivity contribution in [3.63, 3.8) is 0 Å². The van der Waals surface area contributed by atoms with Crippen molar-refractivity contribution < 1.29 is 25.9 Å². The molecule has 0 aliphatic rings. The maximum atomic E-state index is 10.8. The fraction of sp³-hybridized carbons (Fsp3) is 0.684. The van der Waals surface area contributed by atoms with Gasteiger partial charge in [-0.1, -0.05) is 167 Å². The zero-order valence-electron chi connectivity index (χ0n) is 29.6. The molecule has 0 bridgehead atoms. The quantitative estimate of drug-likeness (QED) is 0.0547. The summed E-state index contributed by atoms with van der Waals surface area (Å²) >= 11 is 0. The maximum Gasteiger partial charge on any atom is 2.00 e. The van der Waals surface area contributed by atoms with Crippen molar-refractivity contribution in [3.05, 3.63) is 59.7 Å². The molecule has 0 saturated carbocycles. The number of hydrogen-bond acceptors (Lipinski definition) is 6. The second kappa shape index (κ2) is 28.8. The summed E-state index contributed by atoms with van der Waals surface area (Å²) in [5.41, 5.74) is 2.21. The van der Waals surface area contributed by atoms with E-state index in [4.69, 9.17) is 0 Å². The van der Waals surface area contributed by atoms with E-state index in [-0.39, 0.29) is 32.8 Å². The van der Waals surface area contributed by atoms with Crippen molar-refractivity contribution in [3.8, 4) is 0 Å². The molecule has 264 valence electrons. The molecule has 0 atom stereocenters. The molecule has 6 nitrogen and oxygen atoms in total. The van der Waals surface area contributed by atoms with Crippen LogP contribution in [0.3, 0.4) is 0 Å². The minimum atomic E-state index is -4.32. The summed E-state index contributed by atoms with van der Waals surface area (Å²) in [6.45, 7) is 4.50. The SMILES string of the molecule is CCCCCCCCCCCCCc1ccc(S(=O)(=O)[O-])cc1.CCCCCCCCCCCCCc1ccc(S(=O)(=O)[O-])cc1.[Mg+2]. The second-order valence-electron chi connectivity index (χ2n) is 12.8. The largest absolute Gasteiger partial charge is 2.00 e. The van der Waals surface area contributed by atoms with Crippen molar-refractivity contribution in [2.45, 2.75) is 178 Å². The molecular formula is C38H62MgO6S2. The molecule has 0 aliphatic heterocycles. The Hall–Kier alpha value is -0.974. The molecule has 2 rings (SSSR count). The van der Waals surface area contributed by atoms with Crippen LogP contribution in [0.25, 0.3) is 0 Å². The van der Waals surface area contributed by atoms with Crippen LogP contribution in [0.2, 0.25) is 0 Å². The fourth-order valence-electron chi connectivity index (χ4n) is 5.63. The molecule has 0 radical (unpaired) electrons. The summed E-state index contributed by atoms with van der Waals surface area (Å²) in [4.78, 5) is -0.277. The molecule has 9 heteroatoms. The maximum absolute atomic E-state index is 10.8. The van der Waals surface area contributed by atoms with Gasteiger partial charge in [-0.3, -0.25) is 0 Å². The number of benzene rings is 2. The average molecular weight is 703 g/mol. The Labute approximate surface area is 305 Å². The van der Waals surface area contributed by atoms with E-state index in [0.717, 1.165) is 36.8 Å². The van der Waals surface area contributed by atoms with E-state index in [1.54, 1.807) is 24.3 Å². The number of rotatable bonds is 26. The summed E-state index contributed by atoms with van der Waals surface area (Å²) < 4.78 is 65.1. The topological polar surface area (TPSA) is 114 Å². The van der Waals surface area contributed by atoms with E-state index in [0.29, 0.717) is 0 Å². The molecule has 2 aromatic carbocycles. The third kappa shape index (κ3) is 25.6. The molecular weight excluding hydrogens is 641 g/mol. The van der Waals surface area contributed by atoms with Crippen LogP contribution in [0.5, 0.6) is 0 Å².